The Hall–Kier alpha value is 0.610. The van der Waals surface area contributed by atoms with Crippen LogP contribution in [-0.2, 0) is 0 Å². The van der Waals surface area contributed by atoms with Crippen LogP contribution in [0, 0.1) is 0 Å². The Morgan fingerprint density at radius 2 is 2.07 bits per heavy atom. The molecule has 0 bridgehead atoms. The van der Waals surface area contributed by atoms with Gasteiger partial charge >= 0.3 is 0 Å². The minimum Gasteiger partial charge on any atom is -0.305 e. The van der Waals surface area contributed by atoms with E-state index in [-0.39, 0.29) is 0 Å². The molecule has 15 heavy (non-hydrogen) atoms. The molecule has 1 fully saturated rings. The van der Waals surface area contributed by atoms with E-state index >= 15 is 0 Å². The fourth-order valence-corrected chi connectivity index (χ4v) is 2.36. The summed E-state index contributed by atoms with van der Waals surface area (Å²) in [4.78, 5) is 5.01. The monoisotopic (exact) mass is 325 g/mol. The van der Waals surface area contributed by atoms with Gasteiger partial charge in [0.25, 0.3) is 0 Å². The van der Waals surface area contributed by atoms with Crippen LogP contribution in [-0.4, -0.2) is 55.6 Å². The van der Waals surface area contributed by atoms with Crippen LogP contribution in [0.2, 0.25) is 0 Å². The molecule has 0 aliphatic carbocycles. The molecule has 1 aliphatic heterocycles. The van der Waals surface area contributed by atoms with Crippen LogP contribution >= 0.6 is 22.9 Å². The van der Waals surface area contributed by atoms with Gasteiger partial charge in [-0.1, -0.05) is 0 Å². The third-order valence-electron chi connectivity index (χ3n) is 2.98. The zero-order valence-corrected chi connectivity index (χ0v) is 12.2. The summed E-state index contributed by atoms with van der Waals surface area (Å²) >= 11 is 2.23. The second-order valence-electron chi connectivity index (χ2n) is 4.67. The molecule has 1 N–H and O–H groups in total. The van der Waals surface area contributed by atoms with E-state index in [1.54, 1.807) is 0 Å². The fraction of sp³-hybridized carbons (Fsp3) is 1.00. The van der Waals surface area contributed by atoms with E-state index in [2.05, 4.69) is 50.2 Å². The van der Waals surface area contributed by atoms with E-state index in [9.17, 15) is 0 Å². The molecule has 0 saturated carbocycles. The Balaban J connectivity index is 1.98. The first-order valence-electron chi connectivity index (χ1n) is 5.99. The minimum atomic E-state index is 0.586. The van der Waals surface area contributed by atoms with E-state index in [1.165, 1.54) is 45.4 Å². The summed E-state index contributed by atoms with van der Waals surface area (Å²) in [6, 6.07) is 0.586. The molecule has 0 radical (unpaired) electrons. The van der Waals surface area contributed by atoms with Crippen molar-refractivity contribution in [1.82, 2.24) is 13.3 Å². The Morgan fingerprint density at radius 1 is 1.40 bits per heavy atom. The number of likely N-dealkylation sites (tertiary alicyclic amines) is 1. The highest BCUT2D eigenvalue weighted by Gasteiger charge is 2.11. The molecular formula is C11H24IN3. The summed E-state index contributed by atoms with van der Waals surface area (Å²) in [5.41, 5.74) is 0. The van der Waals surface area contributed by atoms with Crippen molar-refractivity contribution in [2.24, 2.45) is 0 Å². The lowest BCUT2D eigenvalue weighted by molar-refractivity contribution is 0.270. The third kappa shape index (κ3) is 6.04. The second kappa shape index (κ2) is 7.81. The molecule has 0 aromatic rings. The summed E-state index contributed by atoms with van der Waals surface area (Å²) in [5.74, 6) is 0. The van der Waals surface area contributed by atoms with Crippen molar-refractivity contribution < 1.29 is 0 Å². The van der Waals surface area contributed by atoms with Gasteiger partial charge in [-0.3, -0.25) is 3.53 Å². The van der Waals surface area contributed by atoms with Gasteiger partial charge in [-0.25, -0.2) is 0 Å². The maximum Gasteiger partial charge on any atom is 0.0262 e. The molecule has 1 rings (SSSR count). The molecule has 1 heterocycles. The van der Waals surface area contributed by atoms with Crippen molar-refractivity contribution in [1.29, 1.82) is 0 Å². The highest BCUT2D eigenvalue weighted by atomic mass is 127. The van der Waals surface area contributed by atoms with Gasteiger partial charge in [0.05, 0.1) is 0 Å². The van der Waals surface area contributed by atoms with Crippen molar-refractivity contribution in [3.05, 3.63) is 0 Å². The number of halogens is 1. The molecule has 0 spiro atoms. The summed E-state index contributed by atoms with van der Waals surface area (Å²) in [5, 5.41) is 0. The van der Waals surface area contributed by atoms with Gasteiger partial charge < -0.3 is 9.80 Å². The summed E-state index contributed by atoms with van der Waals surface area (Å²) in [6.45, 7) is 8.53. The minimum absolute atomic E-state index is 0.586. The number of nitrogens with one attached hydrogen (secondary N) is 1. The second-order valence-corrected chi connectivity index (χ2v) is 5.30. The average molecular weight is 325 g/mol. The van der Waals surface area contributed by atoms with E-state index in [0.29, 0.717) is 6.04 Å². The van der Waals surface area contributed by atoms with Gasteiger partial charge in [0, 0.05) is 35.5 Å². The van der Waals surface area contributed by atoms with Crippen molar-refractivity contribution in [2.75, 3.05) is 39.8 Å². The molecule has 1 unspecified atom stereocenters. The SMILES string of the molecule is CC(CN(C)CCCN1CCCC1)NI. The molecule has 0 aromatic heterocycles. The van der Waals surface area contributed by atoms with Gasteiger partial charge in [-0.2, -0.15) is 0 Å². The highest BCUT2D eigenvalue weighted by molar-refractivity contribution is 14.1. The standard InChI is InChI=1S/C11H24IN3/c1-11(13-12)10-14(2)6-5-9-15-7-3-4-8-15/h11,13H,3-10H2,1-2H3. The van der Waals surface area contributed by atoms with Gasteiger partial charge in [0.1, 0.15) is 0 Å². The molecule has 1 saturated heterocycles. The van der Waals surface area contributed by atoms with Gasteiger partial charge in [-0.05, 0) is 59.4 Å². The summed E-state index contributed by atoms with van der Waals surface area (Å²) in [7, 11) is 2.22. The van der Waals surface area contributed by atoms with E-state index in [0.717, 1.165) is 6.54 Å². The van der Waals surface area contributed by atoms with Crippen LogP contribution in [0.4, 0.5) is 0 Å². The van der Waals surface area contributed by atoms with Crippen LogP contribution in [0.5, 0.6) is 0 Å². The zero-order valence-electron chi connectivity index (χ0n) is 10.0. The molecule has 1 aliphatic rings. The lowest BCUT2D eigenvalue weighted by Gasteiger charge is -2.22. The molecule has 90 valence electrons. The first kappa shape index (κ1) is 13.7. The normalized spacial score (nSPS) is 20.0. The van der Waals surface area contributed by atoms with Crippen LogP contribution in [0.25, 0.3) is 0 Å². The molecule has 4 heteroatoms. The van der Waals surface area contributed by atoms with E-state index in [4.69, 9.17) is 0 Å². The lowest BCUT2D eigenvalue weighted by Crippen LogP contribution is -2.34. The lowest BCUT2D eigenvalue weighted by atomic mass is 10.3. The Kier molecular flexibility index (Phi) is 7.12. The number of hydrogen-bond acceptors (Lipinski definition) is 3. The fourth-order valence-electron chi connectivity index (χ4n) is 2.16. The van der Waals surface area contributed by atoms with Crippen molar-refractivity contribution in [2.45, 2.75) is 32.2 Å². The number of nitrogens with zero attached hydrogens (tertiary/aromatic N) is 2. The average Bonchev–Trinajstić information content (AvgIpc) is 2.70. The molecule has 0 aromatic carbocycles. The predicted molar refractivity (Wildman–Crippen MR) is 74.4 cm³/mol. The predicted octanol–water partition coefficient (Wildman–Crippen LogP) is 1.73. The molecular weight excluding hydrogens is 301 g/mol. The van der Waals surface area contributed by atoms with E-state index < -0.39 is 0 Å². The maximum atomic E-state index is 3.25. The van der Waals surface area contributed by atoms with Gasteiger partial charge in [0.2, 0.25) is 0 Å². The topological polar surface area (TPSA) is 18.5 Å². The quantitative estimate of drug-likeness (QED) is 0.568. The first-order chi connectivity index (χ1) is 7.22. The Labute approximate surface area is 108 Å². The Bertz CT molecular complexity index is 160. The van der Waals surface area contributed by atoms with Crippen molar-refractivity contribution >= 4 is 22.9 Å². The highest BCUT2D eigenvalue weighted by Crippen LogP contribution is 2.07. The zero-order chi connectivity index (χ0) is 11.1. The maximum absolute atomic E-state index is 3.25. The van der Waals surface area contributed by atoms with Crippen LogP contribution < -0.4 is 3.53 Å². The van der Waals surface area contributed by atoms with E-state index in [1.807, 2.05) is 0 Å². The van der Waals surface area contributed by atoms with Crippen LogP contribution in [0.3, 0.4) is 0 Å². The van der Waals surface area contributed by atoms with Crippen molar-refractivity contribution in [3.8, 4) is 0 Å². The van der Waals surface area contributed by atoms with Gasteiger partial charge in [0.15, 0.2) is 0 Å². The molecule has 1 atom stereocenters. The third-order valence-corrected chi connectivity index (χ3v) is 4.05. The Morgan fingerprint density at radius 3 is 2.67 bits per heavy atom. The van der Waals surface area contributed by atoms with Crippen molar-refractivity contribution in [3.63, 3.8) is 0 Å². The van der Waals surface area contributed by atoms with Gasteiger partial charge in [-0.15, -0.1) is 0 Å². The summed E-state index contributed by atoms with van der Waals surface area (Å²) < 4.78 is 3.25. The molecule has 0 amide bonds. The smallest absolute Gasteiger partial charge is 0.0262 e. The largest absolute Gasteiger partial charge is 0.305 e. The number of rotatable bonds is 7. The summed E-state index contributed by atoms with van der Waals surface area (Å²) in [6.07, 6.45) is 4.13. The first-order valence-corrected chi connectivity index (χ1v) is 7.07. The van der Waals surface area contributed by atoms with Crippen LogP contribution in [0.15, 0.2) is 0 Å². The number of hydrogen-bond donors (Lipinski definition) is 1. The molecule has 3 nitrogen and oxygen atoms in total. The number of likely N-dealkylation sites (N-methyl/N-ethyl adjacent to an activating group) is 1. The van der Waals surface area contributed by atoms with Crippen LogP contribution in [0.1, 0.15) is 26.2 Å².